The average molecular weight is 285 g/mol. The quantitative estimate of drug-likeness (QED) is 0.606. The van der Waals surface area contributed by atoms with Gasteiger partial charge >= 0.3 is 0 Å². The molecule has 3 nitrogen and oxygen atoms in total. The highest BCUT2D eigenvalue weighted by atomic mass is 14.9. The molecule has 3 heteroatoms. The molecule has 1 N–H and O–H groups in total. The number of nitrogens with zero attached hydrogens (tertiary/aromatic N) is 2. The third-order valence-corrected chi connectivity index (χ3v) is 3.84. The van der Waals surface area contributed by atoms with Crippen LogP contribution in [0.5, 0.6) is 0 Å². The molecule has 2 heterocycles. The topological polar surface area (TPSA) is 37.8 Å². The molecule has 0 aliphatic heterocycles. The Morgan fingerprint density at radius 3 is 2.73 bits per heavy atom. The van der Waals surface area contributed by atoms with Crippen molar-refractivity contribution in [3.05, 3.63) is 78.8 Å². The van der Waals surface area contributed by atoms with E-state index in [1.165, 1.54) is 16.3 Å². The summed E-state index contributed by atoms with van der Waals surface area (Å²) in [4.78, 5) is 8.45. The van der Waals surface area contributed by atoms with Gasteiger partial charge < -0.3 is 5.32 Å². The van der Waals surface area contributed by atoms with Crippen molar-refractivity contribution in [2.24, 2.45) is 0 Å². The third-order valence-electron chi connectivity index (χ3n) is 3.84. The first-order chi connectivity index (χ1) is 10.9. The molecule has 0 radical (unpaired) electrons. The molecule has 106 valence electrons. The SMILES string of the molecule is c1ccc2cc(CNc3ccnc4cnccc34)ccc2c1. The van der Waals surface area contributed by atoms with E-state index in [-0.39, 0.29) is 0 Å². The zero-order valence-electron chi connectivity index (χ0n) is 12.0. The number of nitrogens with one attached hydrogen (secondary N) is 1. The summed E-state index contributed by atoms with van der Waals surface area (Å²) in [6.45, 7) is 0.784. The lowest BCUT2D eigenvalue weighted by Gasteiger charge is -2.10. The molecule has 2 aromatic carbocycles. The second-order valence-corrected chi connectivity index (χ2v) is 5.29. The number of pyridine rings is 2. The average Bonchev–Trinajstić information content (AvgIpc) is 2.60. The van der Waals surface area contributed by atoms with Crippen LogP contribution in [0.1, 0.15) is 5.56 Å². The van der Waals surface area contributed by atoms with Gasteiger partial charge in [-0.05, 0) is 34.5 Å². The van der Waals surface area contributed by atoms with Crippen molar-refractivity contribution >= 4 is 27.4 Å². The Balaban J connectivity index is 1.63. The van der Waals surface area contributed by atoms with Crippen molar-refractivity contribution in [3.8, 4) is 0 Å². The van der Waals surface area contributed by atoms with Gasteiger partial charge in [0.15, 0.2) is 0 Å². The first-order valence-electron chi connectivity index (χ1n) is 7.30. The Kier molecular flexibility index (Phi) is 3.16. The molecule has 22 heavy (non-hydrogen) atoms. The normalized spacial score (nSPS) is 10.9. The largest absolute Gasteiger partial charge is 0.380 e. The van der Waals surface area contributed by atoms with E-state index in [9.17, 15) is 0 Å². The Labute approximate surface area is 128 Å². The first kappa shape index (κ1) is 12.8. The van der Waals surface area contributed by atoms with E-state index in [0.29, 0.717) is 0 Å². The molecule has 0 aliphatic rings. The van der Waals surface area contributed by atoms with Gasteiger partial charge in [-0.3, -0.25) is 9.97 Å². The second-order valence-electron chi connectivity index (χ2n) is 5.29. The van der Waals surface area contributed by atoms with Crippen LogP contribution in [0.25, 0.3) is 21.7 Å². The summed E-state index contributed by atoms with van der Waals surface area (Å²) in [5, 5.41) is 7.14. The van der Waals surface area contributed by atoms with Crippen LogP contribution < -0.4 is 5.32 Å². The highest BCUT2D eigenvalue weighted by Crippen LogP contribution is 2.22. The summed E-state index contributed by atoms with van der Waals surface area (Å²) in [7, 11) is 0. The summed E-state index contributed by atoms with van der Waals surface area (Å²) in [5.41, 5.74) is 3.25. The number of anilines is 1. The van der Waals surface area contributed by atoms with Crippen molar-refractivity contribution < 1.29 is 0 Å². The van der Waals surface area contributed by atoms with Gasteiger partial charge in [0.25, 0.3) is 0 Å². The first-order valence-corrected chi connectivity index (χ1v) is 7.30. The minimum absolute atomic E-state index is 0.784. The van der Waals surface area contributed by atoms with Crippen molar-refractivity contribution in [2.75, 3.05) is 5.32 Å². The number of hydrogen-bond donors (Lipinski definition) is 1. The smallest absolute Gasteiger partial charge is 0.0905 e. The standard InChI is InChI=1S/C19H15N3/c1-2-4-16-11-14(5-6-15(16)3-1)12-22-18-8-10-21-19-13-20-9-7-17(18)19/h1-11,13H,12H2,(H,21,22). The monoisotopic (exact) mass is 285 g/mol. The van der Waals surface area contributed by atoms with Crippen LogP contribution in [-0.2, 0) is 6.54 Å². The highest BCUT2D eigenvalue weighted by molar-refractivity contribution is 5.90. The minimum atomic E-state index is 0.784. The molecule has 2 aromatic heterocycles. The van der Waals surface area contributed by atoms with Crippen LogP contribution in [0.4, 0.5) is 5.69 Å². The molecule has 0 bridgehead atoms. The molecule has 0 fully saturated rings. The van der Waals surface area contributed by atoms with Crippen LogP contribution in [0.2, 0.25) is 0 Å². The van der Waals surface area contributed by atoms with Gasteiger partial charge in [0.1, 0.15) is 0 Å². The predicted molar refractivity (Wildman–Crippen MR) is 90.8 cm³/mol. The van der Waals surface area contributed by atoms with Crippen LogP contribution in [-0.4, -0.2) is 9.97 Å². The van der Waals surface area contributed by atoms with Gasteiger partial charge in [0, 0.05) is 30.0 Å². The number of aromatic nitrogens is 2. The van der Waals surface area contributed by atoms with E-state index >= 15 is 0 Å². The van der Waals surface area contributed by atoms with Gasteiger partial charge in [-0.1, -0.05) is 36.4 Å². The summed E-state index contributed by atoms with van der Waals surface area (Å²) in [6.07, 6.45) is 5.40. The Morgan fingerprint density at radius 1 is 0.864 bits per heavy atom. The second kappa shape index (κ2) is 5.45. The van der Waals surface area contributed by atoms with Crippen LogP contribution >= 0.6 is 0 Å². The molecular formula is C19H15N3. The summed E-state index contributed by atoms with van der Waals surface area (Å²) < 4.78 is 0. The molecule has 4 aromatic rings. The van der Waals surface area contributed by atoms with Gasteiger partial charge in [0.05, 0.1) is 11.7 Å². The fourth-order valence-corrected chi connectivity index (χ4v) is 2.70. The summed E-state index contributed by atoms with van der Waals surface area (Å²) in [6, 6.07) is 19.0. The molecular weight excluding hydrogens is 270 g/mol. The van der Waals surface area contributed by atoms with Crippen LogP contribution in [0, 0.1) is 0 Å². The maximum atomic E-state index is 4.34. The zero-order valence-corrected chi connectivity index (χ0v) is 12.0. The lowest BCUT2D eigenvalue weighted by molar-refractivity contribution is 1.16. The fourth-order valence-electron chi connectivity index (χ4n) is 2.70. The van der Waals surface area contributed by atoms with E-state index in [1.54, 1.807) is 12.4 Å². The molecule has 4 rings (SSSR count). The van der Waals surface area contributed by atoms with E-state index in [4.69, 9.17) is 0 Å². The molecule has 0 atom stereocenters. The van der Waals surface area contributed by atoms with E-state index in [2.05, 4.69) is 57.7 Å². The number of benzene rings is 2. The van der Waals surface area contributed by atoms with Crippen molar-refractivity contribution in [1.29, 1.82) is 0 Å². The Bertz CT molecular complexity index is 942. The zero-order chi connectivity index (χ0) is 14.8. The number of fused-ring (bicyclic) bond motifs is 2. The van der Waals surface area contributed by atoms with Gasteiger partial charge in [-0.2, -0.15) is 0 Å². The van der Waals surface area contributed by atoms with Crippen LogP contribution in [0.3, 0.4) is 0 Å². The van der Waals surface area contributed by atoms with Gasteiger partial charge in [0.2, 0.25) is 0 Å². The van der Waals surface area contributed by atoms with E-state index in [0.717, 1.165) is 23.1 Å². The third kappa shape index (κ3) is 2.37. The van der Waals surface area contributed by atoms with Crippen molar-refractivity contribution in [1.82, 2.24) is 9.97 Å². The van der Waals surface area contributed by atoms with Gasteiger partial charge in [-0.25, -0.2) is 0 Å². The molecule has 0 unspecified atom stereocenters. The lowest BCUT2D eigenvalue weighted by Crippen LogP contribution is -2.00. The molecule has 0 saturated carbocycles. The van der Waals surface area contributed by atoms with E-state index in [1.807, 2.05) is 18.3 Å². The molecule has 0 spiro atoms. The maximum absolute atomic E-state index is 4.34. The number of rotatable bonds is 3. The minimum Gasteiger partial charge on any atom is -0.380 e. The maximum Gasteiger partial charge on any atom is 0.0905 e. The summed E-state index contributed by atoms with van der Waals surface area (Å²) in [5.74, 6) is 0. The molecule has 0 saturated heterocycles. The Hall–Kier alpha value is -2.94. The predicted octanol–water partition coefficient (Wildman–Crippen LogP) is 4.40. The van der Waals surface area contributed by atoms with Crippen molar-refractivity contribution in [3.63, 3.8) is 0 Å². The van der Waals surface area contributed by atoms with Crippen LogP contribution in [0.15, 0.2) is 73.2 Å². The molecule has 0 aliphatic carbocycles. The lowest BCUT2D eigenvalue weighted by atomic mass is 10.1. The molecule has 0 amide bonds. The van der Waals surface area contributed by atoms with Crippen molar-refractivity contribution in [2.45, 2.75) is 6.54 Å². The Morgan fingerprint density at radius 2 is 1.77 bits per heavy atom. The fraction of sp³-hybridized carbons (Fsp3) is 0.0526. The van der Waals surface area contributed by atoms with E-state index < -0.39 is 0 Å². The summed E-state index contributed by atoms with van der Waals surface area (Å²) >= 11 is 0. The van der Waals surface area contributed by atoms with Gasteiger partial charge in [-0.15, -0.1) is 0 Å². The number of hydrogen-bond acceptors (Lipinski definition) is 3. The highest BCUT2D eigenvalue weighted by Gasteiger charge is 2.02.